The maximum atomic E-state index is 13.1. The molecule has 0 aliphatic heterocycles. The summed E-state index contributed by atoms with van der Waals surface area (Å²) < 4.78 is 41.9. The number of aromatic nitrogens is 1. The van der Waals surface area contributed by atoms with Crippen molar-refractivity contribution in [2.45, 2.75) is 12.8 Å². The first-order valence-electron chi connectivity index (χ1n) is 8.97. The molecule has 0 aliphatic carbocycles. The second kappa shape index (κ2) is 9.20. The molecule has 0 aliphatic rings. The number of hydrogen-bond donors (Lipinski definition) is 0. The molecule has 5 nitrogen and oxygen atoms in total. The number of benzene rings is 2. The van der Waals surface area contributed by atoms with Crippen LogP contribution in [0.3, 0.4) is 0 Å². The first kappa shape index (κ1) is 22.3. The van der Waals surface area contributed by atoms with Crippen molar-refractivity contribution >= 4 is 44.2 Å². The van der Waals surface area contributed by atoms with Crippen LogP contribution in [0.1, 0.15) is 5.56 Å². The molecule has 0 spiro atoms. The van der Waals surface area contributed by atoms with E-state index < -0.39 is 6.36 Å². The Morgan fingerprint density at radius 2 is 1.90 bits per heavy atom. The van der Waals surface area contributed by atoms with Gasteiger partial charge < -0.3 is 9.64 Å². The summed E-state index contributed by atoms with van der Waals surface area (Å²) in [6.07, 6.45) is -4.69. The molecule has 3 rings (SSSR count). The Kier molecular flexibility index (Phi) is 6.84. The number of ether oxygens (including phenoxy) is 1. The Bertz CT molecular complexity index is 1040. The van der Waals surface area contributed by atoms with E-state index in [0.29, 0.717) is 39.0 Å². The van der Waals surface area contributed by atoms with Crippen LogP contribution in [0.2, 0.25) is 5.02 Å². The van der Waals surface area contributed by atoms with Gasteiger partial charge in [0.05, 0.1) is 16.6 Å². The number of alkyl halides is 3. The lowest BCUT2D eigenvalue weighted by Crippen LogP contribution is -2.37. The van der Waals surface area contributed by atoms with Gasteiger partial charge in [0.15, 0.2) is 5.13 Å². The molecule has 0 atom stereocenters. The van der Waals surface area contributed by atoms with Crippen molar-refractivity contribution in [3.8, 4) is 5.75 Å². The van der Waals surface area contributed by atoms with Gasteiger partial charge in [-0.05, 0) is 37.9 Å². The molecule has 1 aromatic heterocycles. The predicted molar refractivity (Wildman–Crippen MR) is 112 cm³/mol. The average molecular weight is 458 g/mol. The third-order valence-corrected chi connectivity index (χ3v) is 5.59. The molecule has 3 aromatic rings. The molecule has 2 aromatic carbocycles. The standard InChI is InChI=1S/C20H19ClF3N3O2S/c1-26(2)9-10-27(18(28)11-13-5-3-4-6-15(13)21)19-25-16-8-7-14(12-17(16)30-19)29-20(22,23)24/h3-8,12H,9-11H2,1-2H3. The van der Waals surface area contributed by atoms with E-state index in [-0.39, 0.29) is 18.1 Å². The van der Waals surface area contributed by atoms with Crippen LogP contribution >= 0.6 is 22.9 Å². The second-order valence-corrected chi connectivity index (χ2v) is 8.21. The number of halogens is 4. The van der Waals surface area contributed by atoms with Gasteiger partial charge in [-0.25, -0.2) is 4.98 Å². The van der Waals surface area contributed by atoms with Gasteiger partial charge in [0.25, 0.3) is 0 Å². The first-order valence-corrected chi connectivity index (χ1v) is 10.2. The van der Waals surface area contributed by atoms with E-state index in [1.165, 1.54) is 23.1 Å². The molecule has 1 heterocycles. The molecule has 0 radical (unpaired) electrons. The quantitative estimate of drug-likeness (QED) is 0.501. The molecule has 0 unspecified atom stereocenters. The lowest BCUT2D eigenvalue weighted by atomic mass is 10.1. The first-order chi connectivity index (χ1) is 14.1. The minimum atomic E-state index is -4.77. The fraction of sp³-hybridized carbons (Fsp3) is 0.300. The zero-order valence-electron chi connectivity index (χ0n) is 16.2. The maximum Gasteiger partial charge on any atom is 0.573 e. The zero-order valence-corrected chi connectivity index (χ0v) is 17.8. The number of anilines is 1. The van der Waals surface area contributed by atoms with Crippen LogP contribution in [0.15, 0.2) is 42.5 Å². The van der Waals surface area contributed by atoms with Gasteiger partial charge in [0.2, 0.25) is 5.91 Å². The van der Waals surface area contributed by atoms with Crippen LogP contribution < -0.4 is 9.64 Å². The largest absolute Gasteiger partial charge is 0.573 e. The number of hydrogen-bond acceptors (Lipinski definition) is 5. The highest BCUT2D eigenvalue weighted by molar-refractivity contribution is 7.22. The molecule has 0 N–H and O–H groups in total. The number of nitrogens with zero attached hydrogens (tertiary/aromatic N) is 3. The van der Waals surface area contributed by atoms with Crippen LogP contribution in [0, 0.1) is 0 Å². The summed E-state index contributed by atoms with van der Waals surface area (Å²) in [6.45, 7) is 0.967. The second-order valence-electron chi connectivity index (χ2n) is 6.79. The Labute approximate surface area is 180 Å². The molecule has 1 amide bonds. The Balaban J connectivity index is 1.89. The van der Waals surface area contributed by atoms with E-state index in [0.717, 1.165) is 11.3 Å². The highest BCUT2D eigenvalue weighted by Gasteiger charge is 2.31. The third kappa shape index (κ3) is 5.84. The van der Waals surface area contributed by atoms with Crippen molar-refractivity contribution < 1.29 is 22.7 Å². The summed E-state index contributed by atoms with van der Waals surface area (Å²) in [5.41, 5.74) is 1.19. The lowest BCUT2D eigenvalue weighted by molar-refractivity contribution is -0.274. The van der Waals surface area contributed by atoms with E-state index in [2.05, 4.69) is 9.72 Å². The summed E-state index contributed by atoms with van der Waals surface area (Å²) in [5.74, 6) is -0.525. The van der Waals surface area contributed by atoms with Crippen LogP contribution in [-0.4, -0.2) is 49.3 Å². The van der Waals surface area contributed by atoms with E-state index in [1.54, 1.807) is 24.3 Å². The molecule has 0 fully saturated rings. The number of carbonyl (C=O) groups excluding carboxylic acids is 1. The van der Waals surface area contributed by atoms with Gasteiger partial charge in [-0.1, -0.05) is 41.1 Å². The molecule has 10 heteroatoms. The average Bonchev–Trinajstić information content (AvgIpc) is 3.05. The summed E-state index contributed by atoms with van der Waals surface area (Å²) in [5, 5.41) is 0.907. The highest BCUT2D eigenvalue weighted by Crippen LogP contribution is 2.33. The molecular formula is C20H19ClF3N3O2S. The number of thiazole rings is 1. The van der Waals surface area contributed by atoms with Gasteiger partial charge in [0.1, 0.15) is 5.75 Å². The minimum Gasteiger partial charge on any atom is -0.406 e. The van der Waals surface area contributed by atoms with Gasteiger partial charge in [-0.3, -0.25) is 9.69 Å². The Morgan fingerprint density at radius 3 is 2.57 bits per heavy atom. The Hall–Kier alpha value is -2.36. The summed E-state index contributed by atoms with van der Waals surface area (Å²) in [6, 6.07) is 11.0. The molecule has 0 saturated heterocycles. The van der Waals surface area contributed by atoms with Crippen LogP contribution in [0.5, 0.6) is 5.75 Å². The molecular weight excluding hydrogens is 439 g/mol. The maximum absolute atomic E-state index is 13.1. The number of rotatable bonds is 7. The summed E-state index contributed by atoms with van der Waals surface area (Å²) in [4.78, 5) is 21.0. The monoisotopic (exact) mass is 457 g/mol. The van der Waals surface area contributed by atoms with Crippen molar-refractivity contribution in [1.29, 1.82) is 0 Å². The van der Waals surface area contributed by atoms with Crippen molar-refractivity contribution in [1.82, 2.24) is 9.88 Å². The van der Waals surface area contributed by atoms with E-state index in [1.807, 2.05) is 19.0 Å². The topological polar surface area (TPSA) is 45.7 Å². The zero-order chi connectivity index (χ0) is 21.9. The minimum absolute atomic E-state index is 0.0888. The van der Waals surface area contributed by atoms with Gasteiger partial charge in [-0.15, -0.1) is 13.2 Å². The normalized spacial score (nSPS) is 11.8. The van der Waals surface area contributed by atoms with Gasteiger partial charge >= 0.3 is 6.36 Å². The number of fused-ring (bicyclic) bond motifs is 1. The van der Waals surface area contributed by atoms with Crippen molar-refractivity contribution in [3.05, 3.63) is 53.1 Å². The van der Waals surface area contributed by atoms with E-state index in [9.17, 15) is 18.0 Å². The van der Waals surface area contributed by atoms with Crippen LogP contribution in [-0.2, 0) is 11.2 Å². The van der Waals surface area contributed by atoms with Crippen molar-refractivity contribution in [3.63, 3.8) is 0 Å². The molecule has 30 heavy (non-hydrogen) atoms. The van der Waals surface area contributed by atoms with E-state index >= 15 is 0 Å². The lowest BCUT2D eigenvalue weighted by Gasteiger charge is -2.22. The fourth-order valence-electron chi connectivity index (χ4n) is 2.73. The number of likely N-dealkylation sites (N-methyl/N-ethyl adjacent to an activating group) is 1. The van der Waals surface area contributed by atoms with E-state index in [4.69, 9.17) is 11.6 Å². The predicted octanol–water partition coefficient (Wildman–Crippen LogP) is 4.99. The van der Waals surface area contributed by atoms with Crippen molar-refractivity contribution in [2.24, 2.45) is 0 Å². The van der Waals surface area contributed by atoms with Crippen LogP contribution in [0.25, 0.3) is 10.2 Å². The molecule has 0 saturated carbocycles. The Morgan fingerprint density at radius 1 is 1.17 bits per heavy atom. The SMILES string of the molecule is CN(C)CCN(C(=O)Cc1ccccc1Cl)c1nc2ccc(OC(F)(F)F)cc2s1. The van der Waals surface area contributed by atoms with Gasteiger partial charge in [0, 0.05) is 24.2 Å². The number of amides is 1. The van der Waals surface area contributed by atoms with Gasteiger partial charge in [-0.2, -0.15) is 0 Å². The van der Waals surface area contributed by atoms with Crippen LogP contribution in [0.4, 0.5) is 18.3 Å². The summed E-state index contributed by atoms with van der Waals surface area (Å²) >= 11 is 7.32. The summed E-state index contributed by atoms with van der Waals surface area (Å²) in [7, 11) is 3.77. The fourth-order valence-corrected chi connectivity index (χ4v) is 3.97. The van der Waals surface area contributed by atoms with Crippen molar-refractivity contribution in [2.75, 3.05) is 32.1 Å². The highest BCUT2D eigenvalue weighted by atomic mass is 35.5. The molecule has 0 bridgehead atoms. The number of carbonyl (C=O) groups is 1. The smallest absolute Gasteiger partial charge is 0.406 e. The third-order valence-electron chi connectivity index (χ3n) is 4.18. The molecule has 160 valence electrons.